The number of pyridine rings is 1. The van der Waals surface area contributed by atoms with E-state index < -0.39 is 0 Å². The Hall–Kier alpha value is -2.59. The average molecular weight is 312 g/mol. The van der Waals surface area contributed by atoms with Crippen molar-refractivity contribution in [3.8, 4) is 0 Å². The minimum absolute atomic E-state index is 0.293. The standard InChI is InChI=1S/C17H14ClN3O/c18-14-8-2-1-5-13(14)11-20-17(22)21-15-9-3-6-12-7-4-10-19-16(12)15/h1-10H,11H2,(H2,20,21,22). The number of aromatic nitrogens is 1. The number of para-hydroxylation sites is 1. The van der Waals surface area contributed by atoms with E-state index in [1.54, 1.807) is 12.3 Å². The van der Waals surface area contributed by atoms with Gasteiger partial charge in [-0.2, -0.15) is 0 Å². The fraction of sp³-hybridized carbons (Fsp3) is 0.0588. The number of carbonyl (C=O) groups is 1. The van der Waals surface area contributed by atoms with Gasteiger partial charge in [0.1, 0.15) is 0 Å². The number of nitrogens with one attached hydrogen (secondary N) is 2. The van der Waals surface area contributed by atoms with Crippen LogP contribution in [0.2, 0.25) is 5.02 Å². The molecule has 1 heterocycles. The molecule has 1 aromatic heterocycles. The molecule has 0 radical (unpaired) electrons. The van der Waals surface area contributed by atoms with E-state index in [9.17, 15) is 4.79 Å². The minimum Gasteiger partial charge on any atom is -0.334 e. The molecule has 0 unspecified atom stereocenters. The molecule has 0 saturated carbocycles. The molecule has 0 atom stereocenters. The van der Waals surface area contributed by atoms with Crippen LogP contribution in [-0.2, 0) is 6.54 Å². The second-order valence-corrected chi connectivity index (χ2v) is 5.19. The third-order valence-corrected chi connectivity index (χ3v) is 3.65. The van der Waals surface area contributed by atoms with Crippen molar-refractivity contribution in [2.75, 3.05) is 5.32 Å². The fourth-order valence-corrected chi connectivity index (χ4v) is 2.39. The van der Waals surface area contributed by atoms with Crippen LogP contribution < -0.4 is 10.6 Å². The predicted octanol–water partition coefficient (Wildman–Crippen LogP) is 4.21. The van der Waals surface area contributed by atoms with E-state index in [0.29, 0.717) is 17.3 Å². The molecule has 110 valence electrons. The number of benzene rings is 2. The van der Waals surface area contributed by atoms with Gasteiger partial charge in [-0.25, -0.2) is 4.79 Å². The van der Waals surface area contributed by atoms with Crippen LogP contribution in [0.1, 0.15) is 5.56 Å². The number of halogens is 1. The summed E-state index contributed by atoms with van der Waals surface area (Å²) in [5.41, 5.74) is 2.31. The summed E-state index contributed by atoms with van der Waals surface area (Å²) in [6.45, 7) is 0.365. The summed E-state index contributed by atoms with van der Waals surface area (Å²) < 4.78 is 0. The zero-order valence-corrected chi connectivity index (χ0v) is 12.5. The number of hydrogen-bond donors (Lipinski definition) is 2. The van der Waals surface area contributed by atoms with E-state index in [1.165, 1.54) is 0 Å². The lowest BCUT2D eigenvalue weighted by molar-refractivity contribution is 0.252. The Balaban J connectivity index is 1.70. The quantitative estimate of drug-likeness (QED) is 0.761. The number of fused-ring (bicyclic) bond motifs is 1. The van der Waals surface area contributed by atoms with Crippen LogP contribution in [-0.4, -0.2) is 11.0 Å². The van der Waals surface area contributed by atoms with Crippen LogP contribution in [0.3, 0.4) is 0 Å². The lowest BCUT2D eigenvalue weighted by Gasteiger charge is -2.10. The maximum atomic E-state index is 12.0. The Labute approximate surface area is 133 Å². The molecule has 2 N–H and O–H groups in total. The number of anilines is 1. The number of amides is 2. The summed E-state index contributed by atoms with van der Waals surface area (Å²) in [6, 6.07) is 16.6. The lowest BCUT2D eigenvalue weighted by Crippen LogP contribution is -2.28. The molecule has 5 heteroatoms. The monoisotopic (exact) mass is 311 g/mol. The van der Waals surface area contributed by atoms with Crippen LogP contribution in [0.15, 0.2) is 60.8 Å². The summed E-state index contributed by atoms with van der Waals surface area (Å²) in [4.78, 5) is 16.4. The predicted molar refractivity (Wildman–Crippen MR) is 89.1 cm³/mol. The highest BCUT2D eigenvalue weighted by Crippen LogP contribution is 2.20. The van der Waals surface area contributed by atoms with Crippen molar-refractivity contribution >= 4 is 34.2 Å². The van der Waals surface area contributed by atoms with E-state index >= 15 is 0 Å². The number of nitrogens with zero attached hydrogens (tertiary/aromatic N) is 1. The van der Waals surface area contributed by atoms with Crippen LogP contribution in [0.5, 0.6) is 0 Å². The second kappa shape index (κ2) is 6.45. The van der Waals surface area contributed by atoms with Gasteiger partial charge in [-0.1, -0.05) is 48.0 Å². The summed E-state index contributed by atoms with van der Waals surface area (Å²) in [5, 5.41) is 7.22. The Morgan fingerprint density at radius 2 is 1.86 bits per heavy atom. The van der Waals surface area contributed by atoms with Gasteiger partial charge in [0.05, 0.1) is 11.2 Å². The first-order chi connectivity index (χ1) is 10.7. The van der Waals surface area contributed by atoms with Gasteiger partial charge in [-0.15, -0.1) is 0 Å². The molecule has 0 aliphatic carbocycles. The molecule has 2 aromatic carbocycles. The number of carbonyl (C=O) groups excluding carboxylic acids is 1. The second-order valence-electron chi connectivity index (χ2n) is 4.78. The summed E-state index contributed by atoms with van der Waals surface area (Å²) in [5.74, 6) is 0. The van der Waals surface area contributed by atoms with Gasteiger partial charge in [0.25, 0.3) is 0 Å². The van der Waals surface area contributed by atoms with Crippen molar-refractivity contribution in [2.45, 2.75) is 6.54 Å². The third kappa shape index (κ3) is 3.18. The Bertz CT molecular complexity index is 814. The smallest absolute Gasteiger partial charge is 0.319 e. The number of urea groups is 1. The van der Waals surface area contributed by atoms with Crippen molar-refractivity contribution in [2.24, 2.45) is 0 Å². The zero-order chi connectivity index (χ0) is 15.4. The molecule has 0 aliphatic heterocycles. The van der Waals surface area contributed by atoms with Gasteiger partial charge >= 0.3 is 6.03 Å². The first-order valence-corrected chi connectivity index (χ1v) is 7.24. The Morgan fingerprint density at radius 1 is 1.05 bits per heavy atom. The summed E-state index contributed by atoms with van der Waals surface area (Å²) in [6.07, 6.45) is 1.70. The maximum Gasteiger partial charge on any atom is 0.319 e. The van der Waals surface area contributed by atoms with Gasteiger partial charge in [0, 0.05) is 23.2 Å². The molecule has 0 bridgehead atoms. The maximum absolute atomic E-state index is 12.0. The average Bonchev–Trinajstić information content (AvgIpc) is 2.54. The van der Waals surface area contributed by atoms with E-state index in [4.69, 9.17) is 11.6 Å². The van der Waals surface area contributed by atoms with Crippen molar-refractivity contribution in [3.05, 3.63) is 71.4 Å². The molecular weight excluding hydrogens is 298 g/mol. The molecule has 0 saturated heterocycles. The molecule has 2 amide bonds. The first-order valence-electron chi connectivity index (χ1n) is 6.86. The fourth-order valence-electron chi connectivity index (χ4n) is 2.19. The molecule has 3 aromatic rings. The summed E-state index contributed by atoms with van der Waals surface area (Å²) in [7, 11) is 0. The van der Waals surface area contributed by atoms with Crippen LogP contribution in [0, 0.1) is 0 Å². The normalized spacial score (nSPS) is 10.4. The minimum atomic E-state index is -0.293. The molecule has 0 fully saturated rings. The Kier molecular flexibility index (Phi) is 4.21. The van der Waals surface area contributed by atoms with Crippen molar-refractivity contribution in [3.63, 3.8) is 0 Å². The summed E-state index contributed by atoms with van der Waals surface area (Å²) >= 11 is 6.06. The highest BCUT2D eigenvalue weighted by Gasteiger charge is 2.07. The molecule has 3 rings (SSSR count). The molecule has 4 nitrogen and oxygen atoms in total. The van der Waals surface area contributed by atoms with Crippen LogP contribution in [0.4, 0.5) is 10.5 Å². The van der Waals surface area contributed by atoms with E-state index in [-0.39, 0.29) is 6.03 Å². The van der Waals surface area contributed by atoms with Crippen molar-refractivity contribution in [1.29, 1.82) is 0 Å². The van der Waals surface area contributed by atoms with Gasteiger partial charge in [0.2, 0.25) is 0 Å². The molecular formula is C17H14ClN3O. The van der Waals surface area contributed by atoms with Gasteiger partial charge < -0.3 is 10.6 Å². The van der Waals surface area contributed by atoms with Crippen molar-refractivity contribution in [1.82, 2.24) is 10.3 Å². The molecule has 0 aliphatic rings. The van der Waals surface area contributed by atoms with E-state index in [0.717, 1.165) is 16.5 Å². The van der Waals surface area contributed by atoms with E-state index in [2.05, 4.69) is 15.6 Å². The first kappa shape index (κ1) is 14.4. The topological polar surface area (TPSA) is 54.0 Å². The molecule has 22 heavy (non-hydrogen) atoms. The van der Waals surface area contributed by atoms with Gasteiger partial charge in [-0.05, 0) is 23.8 Å². The van der Waals surface area contributed by atoms with Gasteiger partial charge in [0.15, 0.2) is 0 Å². The third-order valence-electron chi connectivity index (χ3n) is 3.28. The highest BCUT2D eigenvalue weighted by atomic mass is 35.5. The number of rotatable bonds is 3. The van der Waals surface area contributed by atoms with Crippen molar-refractivity contribution < 1.29 is 4.79 Å². The van der Waals surface area contributed by atoms with Gasteiger partial charge in [-0.3, -0.25) is 4.98 Å². The highest BCUT2D eigenvalue weighted by molar-refractivity contribution is 6.31. The largest absolute Gasteiger partial charge is 0.334 e. The Morgan fingerprint density at radius 3 is 2.73 bits per heavy atom. The molecule has 0 spiro atoms. The SMILES string of the molecule is O=C(NCc1ccccc1Cl)Nc1cccc2cccnc12. The van der Waals surface area contributed by atoms with Crippen LogP contribution in [0.25, 0.3) is 10.9 Å². The van der Waals surface area contributed by atoms with Crippen LogP contribution >= 0.6 is 11.6 Å². The zero-order valence-electron chi connectivity index (χ0n) is 11.7. The van der Waals surface area contributed by atoms with E-state index in [1.807, 2.05) is 48.5 Å². The lowest BCUT2D eigenvalue weighted by atomic mass is 10.2. The number of hydrogen-bond acceptors (Lipinski definition) is 2.